The molecule has 0 atom stereocenters. The Morgan fingerprint density at radius 1 is 0.719 bits per heavy atom. The predicted molar refractivity (Wildman–Crippen MR) is 270 cm³/mol. The summed E-state index contributed by atoms with van der Waals surface area (Å²) in [4.78, 5) is 7.47. The third-order valence-corrected chi connectivity index (χ3v) is 13.5. The van der Waals surface area contributed by atoms with Crippen LogP contribution < -0.4 is 4.90 Å². The lowest BCUT2D eigenvalue weighted by molar-refractivity contribution is 0.221. The number of hydrogen-bond acceptors (Lipinski definition) is 4. The van der Waals surface area contributed by atoms with E-state index in [9.17, 15) is 0 Å². The number of benzene rings is 2. The molecule has 2 heterocycles. The number of fused-ring (bicyclic) bond motifs is 3. The molecule has 7 aliphatic rings. The van der Waals surface area contributed by atoms with Gasteiger partial charge in [-0.05, 0) is 153 Å². The second-order valence-electron chi connectivity index (χ2n) is 18.1. The summed E-state index contributed by atoms with van der Waals surface area (Å²) in [5.41, 5.74) is 18.8. The molecular weight excluding hydrogens is 779 g/mol. The van der Waals surface area contributed by atoms with Crippen molar-refractivity contribution in [3.05, 3.63) is 239 Å². The standard InChI is InChI=1S/C60H63N3O/c1-6-7-8-12-25-44(2)53(63-56-33-20-18-31-54(56)62(47-28-15-10-16-29-47)55-32-19-21-34-57(55)63)30-17-9-14-27-46-37-39-49-50-40-38-48(43-52(50)60(4,5)51(49)42-46)61-45(3)26-13-11-24-41-64-59-36-23-22-35-58(59)61/h6-8,11-15,17,20-21,24-30,33-34,37-40,42-43H,1,3,9-10,16,18-19,22-23,31-32,35-36,41H2,2,4-5H3/b8-7-,24-11-,25-12-,26-13-,27-14+,30-17-,53-44-. The highest BCUT2D eigenvalue weighted by Gasteiger charge is 2.38. The molecule has 0 amide bonds. The van der Waals surface area contributed by atoms with Crippen LogP contribution in [0.2, 0.25) is 0 Å². The topological polar surface area (TPSA) is 19.0 Å². The summed E-state index contributed by atoms with van der Waals surface area (Å²) in [7, 11) is 0. The van der Waals surface area contributed by atoms with Gasteiger partial charge in [-0.3, -0.25) is 0 Å². The van der Waals surface area contributed by atoms with Gasteiger partial charge in [-0.15, -0.1) is 0 Å². The lowest BCUT2D eigenvalue weighted by Crippen LogP contribution is -2.37. The van der Waals surface area contributed by atoms with Crippen LogP contribution in [0.25, 0.3) is 17.2 Å². The minimum atomic E-state index is -0.163. The third-order valence-electron chi connectivity index (χ3n) is 13.5. The van der Waals surface area contributed by atoms with E-state index >= 15 is 0 Å². The lowest BCUT2D eigenvalue weighted by atomic mass is 9.81. The maximum Gasteiger partial charge on any atom is 0.116 e. The first-order chi connectivity index (χ1) is 31.3. The van der Waals surface area contributed by atoms with Crippen molar-refractivity contribution in [2.24, 2.45) is 0 Å². The van der Waals surface area contributed by atoms with Crippen LogP contribution >= 0.6 is 0 Å². The minimum Gasteiger partial charge on any atom is -0.492 e. The molecule has 0 saturated heterocycles. The summed E-state index contributed by atoms with van der Waals surface area (Å²) >= 11 is 0. The third kappa shape index (κ3) is 8.46. The van der Waals surface area contributed by atoms with E-state index < -0.39 is 0 Å². The largest absolute Gasteiger partial charge is 0.492 e. The van der Waals surface area contributed by atoms with Crippen LogP contribution in [0, 0.1) is 0 Å². The zero-order valence-corrected chi connectivity index (χ0v) is 38.2. The normalized spacial score (nSPS) is 21.9. The molecular formula is C60H63N3O. The molecule has 2 aliphatic heterocycles. The molecule has 0 radical (unpaired) electrons. The predicted octanol–water partition coefficient (Wildman–Crippen LogP) is 15.7. The number of allylic oxidation sites excluding steroid dienone is 23. The summed E-state index contributed by atoms with van der Waals surface area (Å²) in [5.74, 6) is 1.10. The van der Waals surface area contributed by atoms with Gasteiger partial charge >= 0.3 is 0 Å². The highest BCUT2D eigenvalue weighted by molar-refractivity contribution is 5.84. The van der Waals surface area contributed by atoms with Crippen LogP contribution in [0.5, 0.6) is 0 Å². The molecule has 2 aromatic carbocycles. The van der Waals surface area contributed by atoms with Crippen LogP contribution in [-0.4, -0.2) is 16.4 Å². The Bertz CT molecular complexity index is 2620. The zero-order valence-electron chi connectivity index (χ0n) is 38.2. The number of rotatable bonds is 10. The molecule has 0 aromatic heterocycles. The fraction of sp³-hybridized carbons (Fsp3) is 0.267. The maximum atomic E-state index is 6.34. The fourth-order valence-electron chi connectivity index (χ4n) is 10.3. The van der Waals surface area contributed by atoms with Crippen molar-refractivity contribution in [2.75, 3.05) is 11.5 Å². The smallest absolute Gasteiger partial charge is 0.116 e. The quantitative estimate of drug-likeness (QED) is 0.222. The van der Waals surface area contributed by atoms with E-state index in [4.69, 9.17) is 4.74 Å². The molecule has 0 fully saturated rings. The van der Waals surface area contributed by atoms with E-state index in [1.165, 1.54) is 73.3 Å². The Hall–Kier alpha value is -6.52. The van der Waals surface area contributed by atoms with Gasteiger partial charge in [0.25, 0.3) is 0 Å². The van der Waals surface area contributed by atoms with Gasteiger partial charge in [-0.1, -0.05) is 136 Å². The van der Waals surface area contributed by atoms with Gasteiger partial charge in [0.15, 0.2) is 0 Å². The van der Waals surface area contributed by atoms with Crippen molar-refractivity contribution >= 4 is 11.8 Å². The molecule has 64 heavy (non-hydrogen) atoms. The maximum absolute atomic E-state index is 6.34. The first kappa shape index (κ1) is 42.8. The first-order valence-corrected chi connectivity index (χ1v) is 23.6. The molecule has 9 rings (SSSR count). The second kappa shape index (κ2) is 19.1. The summed E-state index contributed by atoms with van der Waals surface area (Å²) in [5, 5.41) is 0. The summed E-state index contributed by atoms with van der Waals surface area (Å²) in [6.07, 6.45) is 55.7. The molecule has 2 aromatic rings. The van der Waals surface area contributed by atoms with E-state index in [1.54, 1.807) is 0 Å². The van der Waals surface area contributed by atoms with Crippen molar-refractivity contribution in [2.45, 2.75) is 96.8 Å². The van der Waals surface area contributed by atoms with E-state index in [-0.39, 0.29) is 5.41 Å². The average molecular weight is 842 g/mol. The number of anilines is 1. The molecule has 324 valence electrons. The van der Waals surface area contributed by atoms with Crippen LogP contribution in [0.3, 0.4) is 0 Å². The molecule has 0 saturated carbocycles. The van der Waals surface area contributed by atoms with Gasteiger partial charge in [0, 0.05) is 46.0 Å². The van der Waals surface area contributed by atoms with E-state index in [1.807, 2.05) is 12.2 Å². The summed E-state index contributed by atoms with van der Waals surface area (Å²) < 4.78 is 6.34. The molecule has 4 heteroatoms. The van der Waals surface area contributed by atoms with Gasteiger partial charge in [-0.25, -0.2) is 0 Å². The van der Waals surface area contributed by atoms with Crippen molar-refractivity contribution in [3.8, 4) is 11.1 Å². The number of nitrogens with zero attached hydrogens (tertiary/aromatic N) is 3. The summed E-state index contributed by atoms with van der Waals surface area (Å²) in [6, 6.07) is 14.0. The Kier molecular flexibility index (Phi) is 12.7. The first-order valence-electron chi connectivity index (χ1n) is 23.6. The van der Waals surface area contributed by atoms with E-state index in [0.717, 1.165) is 87.8 Å². The minimum absolute atomic E-state index is 0.163. The van der Waals surface area contributed by atoms with Crippen LogP contribution in [0.15, 0.2) is 222 Å². The van der Waals surface area contributed by atoms with Gasteiger partial charge in [0.2, 0.25) is 0 Å². The zero-order chi connectivity index (χ0) is 44.0. The average Bonchev–Trinajstić information content (AvgIpc) is 3.54. The molecule has 4 nitrogen and oxygen atoms in total. The molecule has 5 aliphatic carbocycles. The SMILES string of the molecule is C=C\C=C/C=C\C(C)=C(\C=C/C/C=C/c1ccc2c(c1)C(C)(C)c1cc(N3C(=C)/C=C\C=C/COC4=C3CCCC4)ccc1-2)N1C2=C(CCC=C2)N(C2=CCCC=C2)C2=C1C=CCC2. The molecule has 0 N–H and O–H groups in total. The van der Waals surface area contributed by atoms with Gasteiger partial charge in [0.05, 0.1) is 17.1 Å². The van der Waals surface area contributed by atoms with Gasteiger partial charge in [0.1, 0.15) is 12.4 Å². The van der Waals surface area contributed by atoms with Crippen molar-refractivity contribution in [3.63, 3.8) is 0 Å². The highest BCUT2D eigenvalue weighted by Crippen LogP contribution is 2.51. The van der Waals surface area contributed by atoms with Crippen molar-refractivity contribution < 1.29 is 4.74 Å². The summed E-state index contributed by atoms with van der Waals surface area (Å²) in [6.45, 7) is 16.0. The molecule has 0 unspecified atom stereocenters. The Morgan fingerprint density at radius 3 is 2.23 bits per heavy atom. The highest BCUT2D eigenvalue weighted by atomic mass is 16.5. The molecule has 0 bridgehead atoms. The van der Waals surface area contributed by atoms with E-state index in [0.29, 0.717) is 6.61 Å². The molecule has 0 spiro atoms. The van der Waals surface area contributed by atoms with Gasteiger partial charge < -0.3 is 19.4 Å². The Labute approximate surface area is 382 Å². The number of hydrogen-bond donors (Lipinski definition) is 0. The number of ether oxygens (including phenoxy) is 1. The Balaban J connectivity index is 0.992. The van der Waals surface area contributed by atoms with Crippen molar-refractivity contribution in [1.82, 2.24) is 9.80 Å². The lowest BCUT2D eigenvalue weighted by Gasteiger charge is -2.45. The van der Waals surface area contributed by atoms with Crippen LogP contribution in [0.1, 0.15) is 108 Å². The monoisotopic (exact) mass is 841 g/mol. The Morgan fingerprint density at radius 2 is 1.47 bits per heavy atom. The van der Waals surface area contributed by atoms with Crippen LogP contribution in [0.4, 0.5) is 5.69 Å². The van der Waals surface area contributed by atoms with Crippen molar-refractivity contribution in [1.29, 1.82) is 0 Å². The van der Waals surface area contributed by atoms with E-state index in [2.05, 4.69) is 194 Å². The van der Waals surface area contributed by atoms with Gasteiger partial charge in [-0.2, -0.15) is 0 Å². The second-order valence-corrected chi connectivity index (χ2v) is 18.1. The van der Waals surface area contributed by atoms with Crippen LogP contribution in [-0.2, 0) is 10.2 Å². The fourth-order valence-corrected chi connectivity index (χ4v) is 10.3.